The minimum Gasteiger partial charge on any atom is -0.367 e. The smallest absolute Gasteiger partial charge is 0.352 e. The first-order chi connectivity index (χ1) is 7.22. The lowest BCUT2D eigenvalue weighted by Gasteiger charge is -2.06. The number of unbranched alkanes of at least 4 members (excludes halogenated alkanes) is 3. The van der Waals surface area contributed by atoms with Crippen molar-refractivity contribution in [3.05, 3.63) is 12.2 Å². The van der Waals surface area contributed by atoms with E-state index in [2.05, 4.69) is 19.0 Å². The van der Waals surface area contributed by atoms with Crippen LogP contribution in [0.25, 0.3) is 0 Å². The number of hydroxylamine groups is 1. The van der Waals surface area contributed by atoms with Gasteiger partial charge in [-0.3, -0.25) is 0 Å². The van der Waals surface area contributed by atoms with Crippen LogP contribution in [0.15, 0.2) is 12.2 Å². The molecule has 0 aromatic rings. The van der Waals surface area contributed by atoms with Crippen molar-refractivity contribution in [2.45, 2.75) is 52.4 Å². The molecule has 15 heavy (non-hydrogen) atoms. The molecule has 0 radical (unpaired) electrons. The number of hydrogen-bond acceptors (Lipinski definition) is 3. The highest BCUT2D eigenvalue weighted by Crippen LogP contribution is 2.09. The molecule has 0 rings (SSSR count). The molecule has 0 amide bonds. The highest BCUT2D eigenvalue weighted by atomic mass is 16.7. The Morgan fingerprint density at radius 1 is 1.20 bits per heavy atom. The molecule has 0 aliphatic carbocycles. The number of carbonyl (C=O) groups is 1. The van der Waals surface area contributed by atoms with Gasteiger partial charge in [-0.2, -0.15) is 5.48 Å². The second-order valence-electron chi connectivity index (χ2n) is 3.70. The molecule has 88 valence electrons. The molecule has 0 saturated heterocycles. The van der Waals surface area contributed by atoms with Crippen molar-refractivity contribution in [2.24, 2.45) is 0 Å². The van der Waals surface area contributed by atoms with Crippen LogP contribution >= 0.6 is 0 Å². The fourth-order valence-electron chi connectivity index (χ4n) is 1.16. The van der Waals surface area contributed by atoms with E-state index in [1.165, 1.54) is 12.8 Å². The molecule has 3 heteroatoms. The van der Waals surface area contributed by atoms with Gasteiger partial charge in [0.15, 0.2) is 0 Å². The van der Waals surface area contributed by atoms with Crippen LogP contribution in [0.5, 0.6) is 0 Å². The van der Waals surface area contributed by atoms with Crippen molar-refractivity contribution in [3.63, 3.8) is 0 Å². The van der Waals surface area contributed by atoms with Gasteiger partial charge in [-0.15, -0.1) is 0 Å². The Morgan fingerprint density at radius 3 is 2.53 bits per heavy atom. The Bertz CT molecular complexity index is 190. The van der Waals surface area contributed by atoms with Gasteiger partial charge in [-0.25, -0.2) is 4.79 Å². The van der Waals surface area contributed by atoms with Gasteiger partial charge in [-0.1, -0.05) is 39.7 Å². The summed E-state index contributed by atoms with van der Waals surface area (Å²) in [6.45, 7) is 8.58. The van der Waals surface area contributed by atoms with Gasteiger partial charge in [0.25, 0.3) is 0 Å². The molecule has 0 heterocycles. The second-order valence-corrected chi connectivity index (χ2v) is 3.70. The maximum Gasteiger partial charge on any atom is 0.352 e. The predicted octanol–water partition coefficient (Wildman–Crippen LogP) is 2.97. The van der Waals surface area contributed by atoms with E-state index >= 15 is 0 Å². The normalized spacial score (nSPS) is 10.0. The van der Waals surface area contributed by atoms with Crippen LogP contribution in [0.2, 0.25) is 0 Å². The zero-order valence-corrected chi connectivity index (χ0v) is 9.97. The molecule has 0 aliphatic heterocycles. The first kappa shape index (κ1) is 14.2. The molecule has 0 aromatic carbocycles. The standard InChI is InChI=1S/C12H23NO2/c1-4-6-7-8-9-11(3)12(14)15-13-10-5-2/h13H,3-10H2,1-2H3. The van der Waals surface area contributed by atoms with Crippen molar-refractivity contribution in [3.8, 4) is 0 Å². The predicted molar refractivity (Wildman–Crippen MR) is 62.3 cm³/mol. The first-order valence-electron chi connectivity index (χ1n) is 5.84. The van der Waals surface area contributed by atoms with Gasteiger partial charge in [0, 0.05) is 12.1 Å². The van der Waals surface area contributed by atoms with Crippen molar-refractivity contribution in [1.29, 1.82) is 0 Å². The zero-order chi connectivity index (χ0) is 11.5. The summed E-state index contributed by atoms with van der Waals surface area (Å²) in [5, 5.41) is 0. The Balaban J connectivity index is 3.47. The van der Waals surface area contributed by atoms with Crippen molar-refractivity contribution in [1.82, 2.24) is 5.48 Å². The molecule has 0 unspecified atom stereocenters. The summed E-state index contributed by atoms with van der Waals surface area (Å²) in [4.78, 5) is 16.1. The first-order valence-corrected chi connectivity index (χ1v) is 5.84. The molecule has 0 bridgehead atoms. The van der Waals surface area contributed by atoms with Crippen molar-refractivity contribution in [2.75, 3.05) is 6.54 Å². The number of hydrogen-bond donors (Lipinski definition) is 1. The lowest BCUT2D eigenvalue weighted by Crippen LogP contribution is -2.21. The van der Waals surface area contributed by atoms with E-state index < -0.39 is 0 Å². The molecule has 0 atom stereocenters. The number of rotatable bonds is 9. The number of carbonyl (C=O) groups excluding carboxylic acids is 1. The molecule has 0 fully saturated rings. The summed E-state index contributed by atoms with van der Waals surface area (Å²) < 4.78 is 0. The van der Waals surface area contributed by atoms with Crippen LogP contribution in [-0.4, -0.2) is 12.5 Å². The quantitative estimate of drug-likeness (QED) is 0.363. The third-order valence-corrected chi connectivity index (χ3v) is 2.14. The summed E-state index contributed by atoms with van der Waals surface area (Å²) in [6.07, 6.45) is 6.29. The van der Waals surface area contributed by atoms with E-state index in [0.29, 0.717) is 12.1 Å². The largest absolute Gasteiger partial charge is 0.367 e. The highest BCUT2D eigenvalue weighted by Gasteiger charge is 2.07. The lowest BCUT2D eigenvalue weighted by molar-refractivity contribution is -0.146. The molecule has 0 spiro atoms. The van der Waals surface area contributed by atoms with Gasteiger partial charge in [0.2, 0.25) is 0 Å². The van der Waals surface area contributed by atoms with E-state index in [1.54, 1.807) is 0 Å². The summed E-state index contributed by atoms with van der Waals surface area (Å²) in [5.74, 6) is -0.319. The van der Waals surface area contributed by atoms with Gasteiger partial charge in [-0.05, 0) is 19.3 Å². The molecular formula is C12H23NO2. The van der Waals surface area contributed by atoms with Crippen LogP contribution < -0.4 is 5.48 Å². The molecule has 0 saturated carbocycles. The maximum atomic E-state index is 11.3. The molecule has 0 aromatic heterocycles. The van der Waals surface area contributed by atoms with Crippen LogP contribution in [-0.2, 0) is 9.63 Å². The van der Waals surface area contributed by atoms with Crippen molar-refractivity contribution >= 4 is 5.97 Å². The number of nitrogens with one attached hydrogen (secondary N) is 1. The Hall–Kier alpha value is -0.830. The van der Waals surface area contributed by atoms with Gasteiger partial charge >= 0.3 is 5.97 Å². The average molecular weight is 213 g/mol. The Labute approximate surface area is 92.8 Å². The second kappa shape index (κ2) is 9.71. The minimum atomic E-state index is -0.319. The molecule has 1 N–H and O–H groups in total. The third-order valence-electron chi connectivity index (χ3n) is 2.14. The van der Waals surface area contributed by atoms with Gasteiger partial charge in [0.05, 0.1) is 0 Å². The Morgan fingerprint density at radius 2 is 1.93 bits per heavy atom. The monoisotopic (exact) mass is 213 g/mol. The fourth-order valence-corrected chi connectivity index (χ4v) is 1.16. The molecule has 3 nitrogen and oxygen atoms in total. The third kappa shape index (κ3) is 8.18. The molecule has 0 aliphatic rings. The van der Waals surface area contributed by atoms with E-state index in [0.717, 1.165) is 25.7 Å². The zero-order valence-electron chi connectivity index (χ0n) is 9.97. The van der Waals surface area contributed by atoms with Gasteiger partial charge < -0.3 is 4.84 Å². The summed E-state index contributed by atoms with van der Waals surface area (Å²) in [5.41, 5.74) is 3.17. The van der Waals surface area contributed by atoms with Crippen LogP contribution in [0.1, 0.15) is 52.4 Å². The van der Waals surface area contributed by atoms with Crippen LogP contribution in [0.3, 0.4) is 0 Å². The SMILES string of the molecule is C=C(CCCCCC)C(=O)ONCCC. The van der Waals surface area contributed by atoms with Crippen LogP contribution in [0.4, 0.5) is 0 Å². The van der Waals surface area contributed by atoms with E-state index in [1.807, 2.05) is 6.92 Å². The summed E-state index contributed by atoms with van der Waals surface area (Å²) in [6, 6.07) is 0. The lowest BCUT2D eigenvalue weighted by atomic mass is 10.1. The summed E-state index contributed by atoms with van der Waals surface area (Å²) >= 11 is 0. The highest BCUT2D eigenvalue weighted by molar-refractivity contribution is 5.87. The van der Waals surface area contributed by atoms with E-state index in [4.69, 9.17) is 4.84 Å². The van der Waals surface area contributed by atoms with E-state index in [-0.39, 0.29) is 5.97 Å². The Kier molecular flexibility index (Phi) is 9.18. The molecular weight excluding hydrogens is 190 g/mol. The van der Waals surface area contributed by atoms with Crippen LogP contribution in [0, 0.1) is 0 Å². The van der Waals surface area contributed by atoms with E-state index in [9.17, 15) is 4.79 Å². The minimum absolute atomic E-state index is 0.319. The maximum absolute atomic E-state index is 11.3. The summed E-state index contributed by atoms with van der Waals surface area (Å²) in [7, 11) is 0. The fraction of sp³-hybridized carbons (Fsp3) is 0.750. The van der Waals surface area contributed by atoms with Crippen molar-refractivity contribution < 1.29 is 9.63 Å². The average Bonchev–Trinajstić information content (AvgIpc) is 2.24. The van der Waals surface area contributed by atoms with Gasteiger partial charge in [0.1, 0.15) is 0 Å². The topological polar surface area (TPSA) is 38.3 Å².